The molecule has 3 N–H and O–H groups in total. The Balaban J connectivity index is 2.00. The summed E-state index contributed by atoms with van der Waals surface area (Å²) in [4.78, 5) is 16.1. The smallest absolute Gasteiger partial charge is 0.405 e. The Hall–Kier alpha value is -3.47. The molecule has 0 saturated carbocycles. The summed E-state index contributed by atoms with van der Waals surface area (Å²) in [5.41, 5.74) is 6.84. The van der Waals surface area contributed by atoms with Crippen LogP contribution in [0, 0.1) is 11.8 Å². The lowest BCUT2D eigenvalue weighted by atomic mass is 9.85. The van der Waals surface area contributed by atoms with Crippen LogP contribution in [0.5, 0.6) is 5.75 Å². The molecule has 0 fully saturated rings. The van der Waals surface area contributed by atoms with Gasteiger partial charge < -0.3 is 20.3 Å². The number of pyridine rings is 1. The maximum absolute atomic E-state index is 13.7. The van der Waals surface area contributed by atoms with Gasteiger partial charge in [-0.1, -0.05) is 50.2 Å². The molecule has 0 saturated heterocycles. The first-order valence-corrected chi connectivity index (χ1v) is 13.8. The van der Waals surface area contributed by atoms with Crippen LogP contribution in [-0.4, -0.2) is 55.2 Å². The summed E-state index contributed by atoms with van der Waals surface area (Å²) in [6, 6.07) is 18.9. The van der Waals surface area contributed by atoms with Gasteiger partial charge in [-0.05, 0) is 48.2 Å². The van der Waals surface area contributed by atoms with Crippen molar-refractivity contribution in [2.24, 2.45) is 17.6 Å². The fourth-order valence-electron chi connectivity index (χ4n) is 4.32. The number of aliphatic hydroxyl groups excluding tert-OH is 1. The van der Waals surface area contributed by atoms with Gasteiger partial charge in [0.1, 0.15) is 11.9 Å². The number of aliphatic hydroxyl groups is 1. The number of nitrogens with zero attached hydrogens (tertiary/aromatic N) is 2. The zero-order valence-corrected chi connectivity index (χ0v) is 22.6. The molecular weight excluding hydrogens is 506 g/mol. The third-order valence-corrected chi connectivity index (χ3v) is 7.96. The van der Waals surface area contributed by atoms with Gasteiger partial charge in [0.25, 0.3) is 0 Å². The van der Waals surface area contributed by atoms with Gasteiger partial charge in [0.15, 0.2) is 0 Å². The van der Waals surface area contributed by atoms with E-state index in [1.54, 1.807) is 30.5 Å². The standard InChI is InChI=1S/C28H35N3O6S/c1-20(2)18-31(38(34,35)24-13-11-23(36-3)12-14-24)19-26(32)25(16-21-8-5-4-6-9-21)27(37-28(29)33)22-10-7-15-30-17-22/h4-15,17,20,25-27,32H,16,18-19H2,1-3H3,(H2,29,33)/t25?,26-,27?/m0/s1. The maximum Gasteiger partial charge on any atom is 0.405 e. The monoisotopic (exact) mass is 541 g/mol. The highest BCUT2D eigenvalue weighted by atomic mass is 32.2. The average molecular weight is 542 g/mol. The van der Waals surface area contributed by atoms with E-state index in [1.807, 2.05) is 44.2 Å². The van der Waals surface area contributed by atoms with Gasteiger partial charge >= 0.3 is 6.09 Å². The second-order valence-electron chi connectivity index (χ2n) is 9.46. The van der Waals surface area contributed by atoms with E-state index in [2.05, 4.69) is 4.98 Å². The van der Waals surface area contributed by atoms with Crippen molar-refractivity contribution in [1.29, 1.82) is 0 Å². The maximum atomic E-state index is 13.7. The zero-order valence-electron chi connectivity index (χ0n) is 21.8. The number of hydrogen-bond donors (Lipinski definition) is 2. The van der Waals surface area contributed by atoms with Crippen molar-refractivity contribution < 1.29 is 27.8 Å². The van der Waals surface area contributed by atoms with E-state index in [0.717, 1.165) is 5.56 Å². The van der Waals surface area contributed by atoms with Gasteiger partial charge in [-0.25, -0.2) is 13.2 Å². The lowest BCUT2D eigenvalue weighted by Gasteiger charge is -2.34. The fourth-order valence-corrected chi connectivity index (χ4v) is 5.94. The Bertz CT molecular complexity index is 1250. The minimum absolute atomic E-state index is 0.0150. The van der Waals surface area contributed by atoms with Crippen LogP contribution in [0.1, 0.15) is 31.1 Å². The van der Waals surface area contributed by atoms with Crippen molar-refractivity contribution in [2.75, 3.05) is 20.2 Å². The summed E-state index contributed by atoms with van der Waals surface area (Å²) in [5.74, 6) is -0.209. The molecule has 204 valence electrons. The van der Waals surface area contributed by atoms with Crippen molar-refractivity contribution >= 4 is 16.1 Å². The molecular formula is C28H35N3O6S. The molecule has 0 aliphatic carbocycles. The minimum atomic E-state index is -3.96. The zero-order chi connectivity index (χ0) is 27.7. The Morgan fingerprint density at radius 2 is 1.71 bits per heavy atom. The molecule has 38 heavy (non-hydrogen) atoms. The van der Waals surface area contributed by atoms with Gasteiger partial charge in [0.2, 0.25) is 10.0 Å². The van der Waals surface area contributed by atoms with E-state index in [9.17, 15) is 18.3 Å². The Kier molecular flexibility index (Phi) is 10.2. The number of sulfonamides is 1. The molecule has 0 bridgehead atoms. The van der Waals surface area contributed by atoms with Crippen LogP contribution in [0.15, 0.2) is 84.0 Å². The van der Waals surface area contributed by atoms with Crippen LogP contribution >= 0.6 is 0 Å². The number of amides is 1. The summed E-state index contributed by atoms with van der Waals surface area (Å²) < 4.78 is 39.3. The first-order chi connectivity index (χ1) is 18.1. The van der Waals surface area contributed by atoms with E-state index in [1.165, 1.54) is 29.7 Å². The van der Waals surface area contributed by atoms with E-state index in [0.29, 0.717) is 17.7 Å². The van der Waals surface area contributed by atoms with Gasteiger partial charge in [-0.3, -0.25) is 4.98 Å². The topological polar surface area (TPSA) is 132 Å². The molecule has 10 heteroatoms. The summed E-state index contributed by atoms with van der Waals surface area (Å²) in [6.45, 7) is 3.76. The quantitative estimate of drug-likeness (QED) is 0.336. The minimum Gasteiger partial charge on any atom is -0.497 e. The fraction of sp³-hybridized carbons (Fsp3) is 0.357. The molecule has 3 atom stereocenters. The number of ether oxygens (including phenoxy) is 2. The second kappa shape index (κ2) is 13.4. The Morgan fingerprint density at radius 3 is 2.26 bits per heavy atom. The highest BCUT2D eigenvalue weighted by molar-refractivity contribution is 7.89. The number of methoxy groups -OCH3 is 1. The van der Waals surface area contributed by atoms with Crippen LogP contribution in [0.3, 0.4) is 0 Å². The van der Waals surface area contributed by atoms with Crippen molar-refractivity contribution in [3.05, 3.63) is 90.3 Å². The predicted molar refractivity (Wildman–Crippen MR) is 144 cm³/mol. The van der Waals surface area contributed by atoms with Crippen molar-refractivity contribution in [2.45, 2.75) is 37.4 Å². The van der Waals surface area contributed by atoms with Crippen LogP contribution in [0.25, 0.3) is 0 Å². The third-order valence-electron chi connectivity index (χ3n) is 6.11. The van der Waals surface area contributed by atoms with Gasteiger partial charge in [0, 0.05) is 37.0 Å². The lowest BCUT2D eigenvalue weighted by molar-refractivity contribution is -0.00645. The largest absolute Gasteiger partial charge is 0.497 e. The normalized spacial score (nSPS) is 14.2. The number of carbonyl (C=O) groups excluding carboxylic acids is 1. The molecule has 3 rings (SSSR count). The summed E-state index contributed by atoms with van der Waals surface area (Å²) in [6.07, 6.45) is 0.242. The molecule has 1 amide bonds. The van der Waals surface area contributed by atoms with E-state index < -0.39 is 34.2 Å². The van der Waals surface area contributed by atoms with Crippen molar-refractivity contribution in [3.63, 3.8) is 0 Å². The highest BCUT2D eigenvalue weighted by Gasteiger charge is 2.36. The number of carbonyl (C=O) groups is 1. The van der Waals surface area contributed by atoms with E-state index in [-0.39, 0.29) is 23.9 Å². The molecule has 0 aliphatic rings. The Labute approximate surface area is 224 Å². The number of hydrogen-bond acceptors (Lipinski definition) is 7. The number of primary amides is 1. The second-order valence-corrected chi connectivity index (χ2v) is 11.4. The molecule has 9 nitrogen and oxygen atoms in total. The van der Waals surface area contributed by atoms with Gasteiger partial charge in [-0.15, -0.1) is 0 Å². The van der Waals surface area contributed by atoms with Gasteiger partial charge in [-0.2, -0.15) is 4.31 Å². The number of aromatic nitrogens is 1. The molecule has 0 aliphatic heterocycles. The van der Waals surface area contributed by atoms with Crippen LogP contribution in [-0.2, 0) is 21.2 Å². The van der Waals surface area contributed by atoms with E-state index >= 15 is 0 Å². The molecule has 3 aromatic rings. The predicted octanol–water partition coefficient (Wildman–Crippen LogP) is 3.79. The van der Waals surface area contributed by atoms with Crippen LogP contribution < -0.4 is 10.5 Å². The third kappa shape index (κ3) is 7.77. The summed E-state index contributed by atoms with van der Waals surface area (Å²) in [7, 11) is -2.46. The summed E-state index contributed by atoms with van der Waals surface area (Å²) in [5, 5.41) is 11.6. The molecule has 2 unspecified atom stereocenters. The number of benzene rings is 2. The van der Waals surface area contributed by atoms with Crippen LogP contribution in [0.4, 0.5) is 4.79 Å². The number of rotatable bonds is 13. The highest BCUT2D eigenvalue weighted by Crippen LogP contribution is 2.33. The first kappa shape index (κ1) is 29.1. The van der Waals surface area contributed by atoms with Crippen molar-refractivity contribution in [1.82, 2.24) is 9.29 Å². The molecule has 2 aromatic carbocycles. The van der Waals surface area contributed by atoms with Crippen molar-refractivity contribution in [3.8, 4) is 5.75 Å². The van der Waals surface area contributed by atoms with Gasteiger partial charge in [0.05, 0.1) is 18.1 Å². The molecule has 1 aromatic heterocycles. The SMILES string of the molecule is COc1ccc(S(=O)(=O)N(CC(C)C)C[C@H](O)C(Cc2ccccc2)C(OC(N)=O)c2cccnc2)cc1. The Morgan fingerprint density at radius 1 is 1.03 bits per heavy atom. The van der Waals surface area contributed by atoms with E-state index in [4.69, 9.17) is 15.2 Å². The molecule has 0 spiro atoms. The number of nitrogens with two attached hydrogens (primary N) is 1. The van der Waals surface area contributed by atoms with Crippen LogP contribution in [0.2, 0.25) is 0 Å². The summed E-state index contributed by atoms with van der Waals surface area (Å²) >= 11 is 0. The molecule has 0 radical (unpaired) electrons. The average Bonchev–Trinajstić information content (AvgIpc) is 2.91. The first-order valence-electron chi connectivity index (χ1n) is 12.3. The molecule has 1 heterocycles. The lowest BCUT2D eigenvalue weighted by Crippen LogP contribution is -2.44.